The first-order valence-corrected chi connectivity index (χ1v) is 9.02. The Hall–Kier alpha value is -0.940. The van der Waals surface area contributed by atoms with Crippen LogP contribution in [0.4, 0.5) is 4.39 Å². The minimum atomic E-state index is -2.95. The molecular weight excluding hydrogens is 277 g/mol. The van der Waals surface area contributed by atoms with Gasteiger partial charge in [-0.15, -0.1) is 0 Å². The first-order valence-electron chi connectivity index (χ1n) is 7.06. The van der Waals surface area contributed by atoms with E-state index < -0.39 is 9.84 Å². The Morgan fingerprint density at radius 2 is 1.90 bits per heavy atom. The van der Waals surface area contributed by atoms with Gasteiger partial charge < -0.3 is 5.32 Å². The summed E-state index contributed by atoms with van der Waals surface area (Å²) < 4.78 is 36.2. The van der Waals surface area contributed by atoms with Gasteiger partial charge in [0.05, 0.1) is 5.25 Å². The van der Waals surface area contributed by atoms with Crippen molar-refractivity contribution in [3.63, 3.8) is 0 Å². The summed E-state index contributed by atoms with van der Waals surface area (Å²) in [6.07, 6.45) is 4.69. The molecule has 0 heterocycles. The molecule has 1 fully saturated rings. The molecule has 1 N–H and O–H groups in total. The molecule has 3 atom stereocenters. The van der Waals surface area contributed by atoms with Crippen molar-refractivity contribution in [1.82, 2.24) is 5.32 Å². The monoisotopic (exact) mass is 299 g/mol. The van der Waals surface area contributed by atoms with Crippen molar-refractivity contribution >= 4 is 9.84 Å². The van der Waals surface area contributed by atoms with Gasteiger partial charge in [0.15, 0.2) is 0 Å². The van der Waals surface area contributed by atoms with Crippen molar-refractivity contribution in [2.24, 2.45) is 0 Å². The van der Waals surface area contributed by atoms with E-state index in [0.29, 0.717) is 6.42 Å². The first-order chi connectivity index (χ1) is 9.36. The lowest BCUT2D eigenvalue weighted by molar-refractivity contribution is 0.346. The van der Waals surface area contributed by atoms with E-state index >= 15 is 0 Å². The molecule has 1 aliphatic rings. The normalized spacial score (nSPS) is 25.4. The number of hydrogen-bond acceptors (Lipinski definition) is 3. The molecule has 1 saturated carbocycles. The minimum Gasteiger partial charge on any atom is -0.307 e. The molecule has 112 valence electrons. The Morgan fingerprint density at radius 3 is 2.50 bits per heavy atom. The van der Waals surface area contributed by atoms with Gasteiger partial charge in [-0.05, 0) is 43.9 Å². The number of nitrogens with one attached hydrogen (secondary N) is 1. The molecule has 0 radical (unpaired) electrons. The van der Waals surface area contributed by atoms with Crippen LogP contribution in [0.15, 0.2) is 24.3 Å². The summed E-state index contributed by atoms with van der Waals surface area (Å²) in [5.74, 6) is -0.240. The second-order valence-corrected chi connectivity index (χ2v) is 8.08. The van der Waals surface area contributed by atoms with Crippen LogP contribution in [0, 0.1) is 5.82 Å². The van der Waals surface area contributed by atoms with Crippen LogP contribution in [-0.2, 0) is 9.84 Å². The molecule has 0 spiro atoms. The van der Waals surface area contributed by atoms with Crippen molar-refractivity contribution < 1.29 is 12.8 Å². The van der Waals surface area contributed by atoms with E-state index in [0.717, 1.165) is 24.8 Å². The molecule has 1 aromatic carbocycles. The van der Waals surface area contributed by atoms with Crippen LogP contribution >= 0.6 is 0 Å². The SMILES string of the molecule is CC(NC1CCCC(S(C)(=O)=O)C1)c1ccc(F)cc1. The van der Waals surface area contributed by atoms with Gasteiger partial charge in [-0.25, -0.2) is 12.8 Å². The van der Waals surface area contributed by atoms with E-state index in [1.54, 1.807) is 12.1 Å². The first kappa shape index (κ1) is 15.4. The maximum absolute atomic E-state index is 12.9. The number of rotatable bonds is 4. The molecule has 0 amide bonds. The fourth-order valence-corrected chi connectivity index (χ4v) is 4.06. The van der Waals surface area contributed by atoms with Gasteiger partial charge in [0.2, 0.25) is 0 Å². The number of benzene rings is 1. The molecule has 0 aromatic heterocycles. The predicted molar refractivity (Wildman–Crippen MR) is 78.8 cm³/mol. The van der Waals surface area contributed by atoms with E-state index in [-0.39, 0.29) is 23.2 Å². The highest BCUT2D eigenvalue weighted by Gasteiger charge is 2.29. The molecule has 3 nitrogen and oxygen atoms in total. The Bertz CT molecular complexity index is 541. The summed E-state index contributed by atoms with van der Waals surface area (Å²) in [5.41, 5.74) is 1.02. The zero-order chi connectivity index (χ0) is 14.8. The Morgan fingerprint density at radius 1 is 1.25 bits per heavy atom. The van der Waals surface area contributed by atoms with E-state index in [4.69, 9.17) is 0 Å². The quantitative estimate of drug-likeness (QED) is 0.930. The highest BCUT2D eigenvalue weighted by atomic mass is 32.2. The van der Waals surface area contributed by atoms with Crippen molar-refractivity contribution in [1.29, 1.82) is 0 Å². The second-order valence-electron chi connectivity index (χ2n) is 5.75. The van der Waals surface area contributed by atoms with Crippen molar-refractivity contribution in [3.8, 4) is 0 Å². The van der Waals surface area contributed by atoms with E-state index in [1.165, 1.54) is 18.4 Å². The number of hydrogen-bond donors (Lipinski definition) is 1. The molecule has 20 heavy (non-hydrogen) atoms. The van der Waals surface area contributed by atoms with Crippen LogP contribution in [0.2, 0.25) is 0 Å². The highest BCUT2D eigenvalue weighted by molar-refractivity contribution is 7.91. The molecule has 2 rings (SSSR count). The van der Waals surface area contributed by atoms with Crippen molar-refractivity contribution in [2.45, 2.75) is 49.9 Å². The van der Waals surface area contributed by atoms with E-state index in [1.807, 2.05) is 6.92 Å². The minimum absolute atomic E-state index is 0.0962. The molecule has 0 bridgehead atoms. The van der Waals surface area contributed by atoms with Crippen molar-refractivity contribution in [3.05, 3.63) is 35.6 Å². The van der Waals surface area contributed by atoms with Gasteiger partial charge in [-0.2, -0.15) is 0 Å². The average molecular weight is 299 g/mol. The lowest BCUT2D eigenvalue weighted by atomic mass is 9.93. The van der Waals surface area contributed by atoms with Crippen LogP contribution < -0.4 is 5.32 Å². The van der Waals surface area contributed by atoms with Crippen LogP contribution in [0.5, 0.6) is 0 Å². The summed E-state index contributed by atoms with van der Waals surface area (Å²) in [4.78, 5) is 0. The van der Waals surface area contributed by atoms with Crippen LogP contribution in [-0.4, -0.2) is 26.0 Å². The standard InChI is InChI=1S/C15H22FNO2S/c1-11(12-6-8-13(16)9-7-12)17-14-4-3-5-15(10-14)20(2,18)19/h6-9,11,14-15,17H,3-5,10H2,1-2H3. The molecule has 3 unspecified atom stereocenters. The van der Waals surface area contributed by atoms with Gasteiger partial charge in [-0.1, -0.05) is 18.6 Å². The van der Waals surface area contributed by atoms with Gasteiger partial charge in [0, 0.05) is 18.3 Å². The molecule has 0 aliphatic heterocycles. The van der Waals surface area contributed by atoms with Gasteiger partial charge in [-0.3, -0.25) is 0 Å². The maximum atomic E-state index is 12.9. The fourth-order valence-electron chi connectivity index (χ4n) is 2.89. The Kier molecular flexibility index (Phi) is 4.81. The largest absolute Gasteiger partial charge is 0.307 e. The molecule has 1 aromatic rings. The summed E-state index contributed by atoms with van der Waals surface area (Å²) in [5, 5.41) is 3.24. The van der Waals surface area contributed by atoms with Crippen LogP contribution in [0.25, 0.3) is 0 Å². The lowest BCUT2D eigenvalue weighted by Crippen LogP contribution is -2.39. The second kappa shape index (κ2) is 6.22. The zero-order valence-electron chi connectivity index (χ0n) is 12.0. The molecule has 0 saturated heterocycles. The van der Waals surface area contributed by atoms with Crippen LogP contribution in [0.1, 0.15) is 44.2 Å². The van der Waals surface area contributed by atoms with Gasteiger partial charge >= 0.3 is 0 Å². The van der Waals surface area contributed by atoms with Crippen molar-refractivity contribution in [2.75, 3.05) is 6.26 Å². The zero-order valence-corrected chi connectivity index (χ0v) is 12.8. The average Bonchev–Trinajstić information content (AvgIpc) is 2.38. The predicted octanol–water partition coefficient (Wildman–Crippen LogP) is 2.83. The molecular formula is C15H22FNO2S. The van der Waals surface area contributed by atoms with E-state index in [2.05, 4.69) is 5.32 Å². The van der Waals surface area contributed by atoms with Gasteiger partial charge in [0.1, 0.15) is 15.7 Å². The number of sulfone groups is 1. The Labute approximate surface area is 120 Å². The maximum Gasteiger partial charge on any atom is 0.150 e. The third kappa shape index (κ3) is 4.03. The van der Waals surface area contributed by atoms with Gasteiger partial charge in [0.25, 0.3) is 0 Å². The highest BCUT2D eigenvalue weighted by Crippen LogP contribution is 2.26. The topological polar surface area (TPSA) is 46.2 Å². The summed E-state index contributed by atoms with van der Waals surface area (Å²) >= 11 is 0. The fraction of sp³-hybridized carbons (Fsp3) is 0.600. The lowest BCUT2D eigenvalue weighted by Gasteiger charge is -2.31. The summed E-state index contributed by atoms with van der Waals surface area (Å²) in [6, 6.07) is 6.75. The molecule has 5 heteroatoms. The molecule has 1 aliphatic carbocycles. The third-order valence-electron chi connectivity index (χ3n) is 4.09. The third-order valence-corrected chi connectivity index (χ3v) is 5.73. The Balaban J connectivity index is 1.97. The smallest absolute Gasteiger partial charge is 0.150 e. The van der Waals surface area contributed by atoms with Crippen LogP contribution in [0.3, 0.4) is 0 Å². The van der Waals surface area contributed by atoms with E-state index in [9.17, 15) is 12.8 Å². The number of halogens is 1. The summed E-state index contributed by atoms with van der Waals surface area (Å²) in [6.45, 7) is 2.03. The summed E-state index contributed by atoms with van der Waals surface area (Å²) in [7, 11) is -2.95.